The van der Waals surface area contributed by atoms with Gasteiger partial charge in [0, 0.05) is 24.9 Å². The van der Waals surface area contributed by atoms with Crippen LogP contribution in [-0.4, -0.2) is 38.2 Å². The Morgan fingerprint density at radius 2 is 2.23 bits per heavy atom. The molecule has 2 aromatic heterocycles. The molecule has 6 heteroatoms. The van der Waals surface area contributed by atoms with Crippen molar-refractivity contribution in [2.75, 3.05) is 6.54 Å². The maximum Gasteiger partial charge on any atom is 0.265 e. The lowest BCUT2D eigenvalue weighted by molar-refractivity contribution is 0.0588. The fourth-order valence-electron chi connectivity index (χ4n) is 3.13. The van der Waals surface area contributed by atoms with Gasteiger partial charge >= 0.3 is 0 Å². The second-order valence-corrected chi connectivity index (χ2v) is 7.28. The van der Waals surface area contributed by atoms with Gasteiger partial charge in [-0.25, -0.2) is 4.98 Å². The Balaban J connectivity index is 1.50. The van der Waals surface area contributed by atoms with Gasteiger partial charge in [-0.05, 0) is 38.2 Å². The molecule has 116 valence electrons. The van der Waals surface area contributed by atoms with Crippen LogP contribution in [0.3, 0.4) is 0 Å². The van der Waals surface area contributed by atoms with Gasteiger partial charge in [0.2, 0.25) is 0 Å². The summed E-state index contributed by atoms with van der Waals surface area (Å²) in [5, 5.41) is 5.42. The third kappa shape index (κ3) is 2.79. The molecule has 2 aromatic rings. The van der Waals surface area contributed by atoms with Gasteiger partial charge in [-0.1, -0.05) is 0 Å². The Morgan fingerprint density at radius 1 is 1.32 bits per heavy atom. The van der Waals surface area contributed by atoms with E-state index in [-0.39, 0.29) is 11.9 Å². The van der Waals surface area contributed by atoms with E-state index in [9.17, 15) is 4.79 Å². The monoisotopic (exact) mass is 316 g/mol. The maximum atomic E-state index is 12.9. The summed E-state index contributed by atoms with van der Waals surface area (Å²) in [5.74, 6) is 0.772. The molecule has 1 atom stereocenters. The Labute approximate surface area is 134 Å². The predicted octanol–water partition coefficient (Wildman–Crippen LogP) is 2.91. The lowest BCUT2D eigenvalue weighted by Gasteiger charge is -2.35. The van der Waals surface area contributed by atoms with E-state index in [1.165, 1.54) is 19.3 Å². The van der Waals surface area contributed by atoms with Gasteiger partial charge in [0.1, 0.15) is 4.88 Å². The van der Waals surface area contributed by atoms with Gasteiger partial charge in [0.25, 0.3) is 5.91 Å². The van der Waals surface area contributed by atoms with Gasteiger partial charge in [0.05, 0.1) is 23.8 Å². The van der Waals surface area contributed by atoms with E-state index in [0.29, 0.717) is 5.92 Å². The second kappa shape index (κ2) is 5.83. The molecule has 0 unspecified atom stereocenters. The van der Waals surface area contributed by atoms with Crippen LogP contribution in [0.1, 0.15) is 52.7 Å². The minimum absolute atomic E-state index is 0.154. The van der Waals surface area contributed by atoms with E-state index in [0.717, 1.165) is 35.8 Å². The average molecular weight is 316 g/mol. The van der Waals surface area contributed by atoms with Crippen LogP contribution in [0, 0.1) is 0 Å². The second-order valence-electron chi connectivity index (χ2n) is 6.21. The molecule has 1 aliphatic carbocycles. The summed E-state index contributed by atoms with van der Waals surface area (Å²) in [4.78, 5) is 20.1. The van der Waals surface area contributed by atoms with E-state index >= 15 is 0 Å². The van der Waals surface area contributed by atoms with Crippen molar-refractivity contribution < 1.29 is 4.79 Å². The number of carbonyl (C=O) groups is 1. The molecule has 22 heavy (non-hydrogen) atoms. The molecule has 0 radical (unpaired) electrons. The van der Waals surface area contributed by atoms with Crippen molar-refractivity contribution in [3.63, 3.8) is 0 Å². The van der Waals surface area contributed by atoms with Gasteiger partial charge in [0.15, 0.2) is 0 Å². The Bertz CT molecular complexity index is 647. The van der Waals surface area contributed by atoms with Crippen LogP contribution >= 0.6 is 11.3 Å². The molecule has 1 aliphatic heterocycles. The fourth-order valence-corrected chi connectivity index (χ4v) is 4.17. The number of hydrogen-bond donors (Lipinski definition) is 0. The minimum Gasteiger partial charge on any atom is -0.333 e. The lowest BCUT2D eigenvalue weighted by atomic mass is 10.0. The first kappa shape index (κ1) is 13.9. The zero-order chi connectivity index (χ0) is 14.9. The quantitative estimate of drug-likeness (QED) is 0.871. The number of thiazole rings is 1. The maximum absolute atomic E-state index is 12.9. The van der Waals surface area contributed by atoms with Crippen LogP contribution < -0.4 is 0 Å². The number of hydrogen-bond acceptors (Lipinski definition) is 4. The van der Waals surface area contributed by atoms with Crippen LogP contribution in [0.4, 0.5) is 0 Å². The van der Waals surface area contributed by atoms with Crippen LogP contribution in [0.5, 0.6) is 0 Å². The molecule has 2 aliphatic rings. The van der Waals surface area contributed by atoms with Gasteiger partial charge in [-0.15, -0.1) is 11.3 Å². The van der Waals surface area contributed by atoms with Crippen molar-refractivity contribution in [1.29, 1.82) is 0 Å². The SMILES string of the molecule is O=C(c1cnc(C2CC2)s1)N1CCCC[C@H]1Cn1cccn1. The van der Waals surface area contributed by atoms with Crippen LogP contribution in [0.25, 0.3) is 0 Å². The molecular formula is C16H20N4OS. The minimum atomic E-state index is 0.154. The summed E-state index contributed by atoms with van der Waals surface area (Å²) in [6, 6.07) is 2.17. The van der Waals surface area contributed by atoms with Crippen molar-refractivity contribution in [2.24, 2.45) is 0 Å². The van der Waals surface area contributed by atoms with Crippen LogP contribution in [-0.2, 0) is 6.54 Å². The highest BCUT2D eigenvalue weighted by atomic mass is 32.1. The number of carbonyl (C=O) groups excluding carboxylic acids is 1. The molecule has 3 heterocycles. The van der Waals surface area contributed by atoms with Crippen LogP contribution in [0.2, 0.25) is 0 Å². The number of nitrogens with zero attached hydrogens (tertiary/aromatic N) is 4. The molecule has 0 aromatic carbocycles. The summed E-state index contributed by atoms with van der Waals surface area (Å²) >= 11 is 1.59. The summed E-state index contributed by atoms with van der Waals surface area (Å²) in [5.41, 5.74) is 0. The number of likely N-dealkylation sites (tertiary alicyclic amines) is 1. The zero-order valence-electron chi connectivity index (χ0n) is 12.5. The zero-order valence-corrected chi connectivity index (χ0v) is 13.3. The Kier molecular flexibility index (Phi) is 3.70. The van der Waals surface area contributed by atoms with E-state index in [1.807, 2.05) is 21.8 Å². The van der Waals surface area contributed by atoms with E-state index in [2.05, 4.69) is 10.1 Å². The molecule has 0 bridgehead atoms. The van der Waals surface area contributed by atoms with E-state index in [4.69, 9.17) is 0 Å². The Morgan fingerprint density at radius 3 is 3.00 bits per heavy atom. The smallest absolute Gasteiger partial charge is 0.265 e. The number of aromatic nitrogens is 3. The van der Waals surface area contributed by atoms with Gasteiger partial charge in [-0.2, -0.15) is 5.10 Å². The predicted molar refractivity (Wildman–Crippen MR) is 85.0 cm³/mol. The molecule has 0 N–H and O–H groups in total. The summed E-state index contributed by atoms with van der Waals surface area (Å²) in [6.07, 6.45) is 11.3. The first-order valence-electron chi connectivity index (χ1n) is 8.05. The third-order valence-corrected chi connectivity index (χ3v) is 5.65. The molecule has 1 saturated carbocycles. The molecule has 2 fully saturated rings. The Hall–Kier alpha value is -1.69. The standard InChI is InChI=1S/C16H20N4OS/c21-16(14-10-17-15(22-14)12-5-6-12)20-9-2-1-4-13(20)11-19-8-3-7-18-19/h3,7-8,10,12-13H,1-2,4-6,9,11H2/t13-/m0/s1. The summed E-state index contributed by atoms with van der Waals surface area (Å²) in [6.45, 7) is 1.63. The number of rotatable bonds is 4. The van der Waals surface area contributed by atoms with Crippen molar-refractivity contribution >= 4 is 17.2 Å². The molecular weight excluding hydrogens is 296 g/mol. The first-order chi connectivity index (χ1) is 10.8. The summed E-state index contributed by atoms with van der Waals surface area (Å²) < 4.78 is 1.93. The highest BCUT2D eigenvalue weighted by Gasteiger charge is 2.31. The van der Waals surface area contributed by atoms with E-state index in [1.54, 1.807) is 23.7 Å². The highest BCUT2D eigenvalue weighted by molar-refractivity contribution is 7.13. The van der Waals surface area contributed by atoms with Gasteiger partial charge in [-0.3, -0.25) is 9.48 Å². The molecule has 1 saturated heterocycles. The number of amides is 1. The third-order valence-electron chi connectivity index (χ3n) is 4.51. The molecule has 5 nitrogen and oxygen atoms in total. The fraction of sp³-hybridized carbons (Fsp3) is 0.562. The molecule has 4 rings (SSSR count). The van der Waals surface area contributed by atoms with Gasteiger partial charge < -0.3 is 4.90 Å². The largest absolute Gasteiger partial charge is 0.333 e. The molecule has 1 amide bonds. The average Bonchev–Trinajstić information content (AvgIpc) is 3.06. The topological polar surface area (TPSA) is 51.0 Å². The van der Waals surface area contributed by atoms with Crippen molar-refractivity contribution in [2.45, 2.75) is 50.6 Å². The van der Waals surface area contributed by atoms with E-state index < -0.39 is 0 Å². The lowest BCUT2D eigenvalue weighted by Crippen LogP contribution is -2.45. The first-order valence-corrected chi connectivity index (χ1v) is 8.87. The number of piperidine rings is 1. The van der Waals surface area contributed by atoms with Crippen molar-refractivity contribution in [3.8, 4) is 0 Å². The molecule has 0 spiro atoms. The normalized spacial score (nSPS) is 22.0. The van der Waals surface area contributed by atoms with Crippen molar-refractivity contribution in [1.82, 2.24) is 19.7 Å². The highest BCUT2D eigenvalue weighted by Crippen LogP contribution is 2.42. The van der Waals surface area contributed by atoms with Crippen LogP contribution in [0.15, 0.2) is 24.7 Å². The van der Waals surface area contributed by atoms with Crippen molar-refractivity contribution in [3.05, 3.63) is 34.5 Å². The summed E-state index contributed by atoms with van der Waals surface area (Å²) in [7, 11) is 0.